The number of fused-ring (bicyclic) bond motifs is 1. The van der Waals surface area contributed by atoms with Gasteiger partial charge in [-0.15, -0.1) is 15.3 Å². The van der Waals surface area contributed by atoms with Gasteiger partial charge in [-0.25, -0.2) is 0 Å². The van der Waals surface area contributed by atoms with E-state index in [1.807, 2.05) is 30.3 Å². The second-order valence-electron chi connectivity index (χ2n) is 5.13. The van der Waals surface area contributed by atoms with Gasteiger partial charge in [-0.05, 0) is 24.1 Å². The van der Waals surface area contributed by atoms with Crippen LogP contribution < -0.4 is 5.32 Å². The van der Waals surface area contributed by atoms with Crippen LogP contribution in [0, 0.1) is 0 Å². The second kappa shape index (κ2) is 6.44. The Labute approximate surface area is 135 Å². The number of aliphatic hydroxyl groups excluding tert-OH is 1. The number of rotatable bonds is 5. The molecule has 0 aliphatic rings. The molecule has 0 amide bonds. The van der Waals surface area contributed by atoms with Crippen LogP contribution in [0.2, 0.25) is 0 Å². The van der Waals surface area contributed by atoms with Gasteiger partial charge < -0.3 is 10.4 Å². The minimum Gasteiger partial charge on any atom is -0.396 e. The Hall–Kier alpha value is -2.68. The van der Waals surface area contributed by atoms with Gasteiger partial charge in [0.2, 0.25) is 0 Å². The second-order valence-corrected chi connectivity index (χ2v) is 5.13. The van der Waals surface area contributed by atoms with E-state index in [1.54, 1.807) is 0 Å². The van der Waals surface area contributed by atoms with Gasteiger partial charge in [0.05, 0.1) is 6.04 Å². The molecule has 0 aliphatic carbocycles. The monoisotopic (exact) mass is 337 g/mol. The molecule has 2 heterocycles. The van der Waals surface area contributed by atoms with Gasteiger partial charge in [0.1, 0.15) is 5.82 Å². The summed E-state index contributed by atoms with van der Waals surface area (Å²) in [4.78, 5) is 0. The van der Waals surface area contributed by atoms with E-state index in [4.69, 9.17) is 0 Å². The van der Waals surface area contributed by atoms with Crippen LogP contribution in [-0.2, 0) is 6.18 Å². The summed E-state index contributed by atoms with van der Waals surface area (Å²) in [6.07, 6.45) is -4.26. The van der Waals surface area contributed by atoms with Crippen LogP contribution in [0.5, 0.6) is 0 Å². The fraction of sp³-hybridized carbons (Fsp3) is 0.267. The number of hydrogen-bond donors (Lipinski definition) is 2. The minimum absolute atomic E-state index is 0.00583. The van der Waals surface area contributed by atoms with Crippen molar-refractivity contribution in [3.8, 4) is 0 Å². The molecule has 0 fully saturated rings. The van der Waals surface area contributed by atoms with E-state index in [2.05, 4.69) is 20.6 Å². The number of benzene rings is 1. The fourth-order valence-corrected chi connectivity index (χ4v) is 2.36. The summed E-state index contributed by atoms with van der Waals surface area (Å²) in [6.45, 7) is -0.0742. The predicted octanol–water partition coefficient (Wildman–Crippen LogP) is 2.68. The van der Waals surface area contributed by atoms with Gasteiger partial charge >= 0.3 is 6.18 Å². The van der Waals surface area contributed by atoms with E-state index < -0.39 is 12.0 Å². The van der Waals surface area contributed by atoms with Crippen molar-refractivity contribution in [2.45, 2.75) is 18.6 Å². The first-order valence-corrected chi connectivity index (χ1v) is 7.21. The standard InChI is InChI=1S/C15H14F3N5O/c16-15(17,18)14-21-20-13-7-6-12(22-23(13)14)19-11(8-9-24)10-4-2-1-3-5-10/h1-7,11,24H,8-9H2,(H,19,22)/t11-/m1/s1. The number of anilines is 1. The highest BCUT2D eigenvalue weighted by molar-refractivity contribution is 5.45. The van der Waals surface area contributed by atoms with Gasteiger partial charge in [0.25, 0.3) is 5.82 Å². The summed E-state index contributed by atoms with van der Waals surface area (Å²) in [5, 5.41) is 22.8. The predicted molar refractivity (Wildman–Crippen MR) is 80.3 cm³/mol. The summed E-state index contributed by atoms with van der Waals surface area (Å²) >= 11 is 0. The zero-order valence-corrected chi connectivity index (χ0v) is 12.4. The third-order valence-corrected chi connectivity index (χ3v) is 3.46. The lowest BCUT2D eigenvalue weighted by molar-refractivity contribution is -0.146. The Kier molecular flexibility index (Phi) is 4.34. The van der Waals surface area contributed by atoms with Crippen molar-refractivity contribution in [2.75, 3.05) is 11.9 Å². The average molecular weight is 337 g/mol. The van der Waals surface area contributed by atoms with Gasteiger partial charge in [0, 0.05) is 6.61 Å². The number of aliphatic hydroxyl groups is 1. The van der Waals surface area contributed by atoms with Crippen molar-refractivity contribution in [1.29, 1.82) is 0 Å². The van der Waals surface area contributed by atoms with Crippen LogP contribution >= 0.6 is 0 Å². The Bertz CT molecular complexity index is 819. The molecule has 0 radical (unpaired) electrons. The molecule has 3 aromatic rings. The van der Waals surface area contributed by atoms with E-state index in [0.29, 0.717) is 10.9 Å². The smallest absolute Gasteiger partial charge is 0.396 e. The SMILES string of the molecule is OCC[C@@H](Nc1ccc2nnc(C(F)(F)F)n2n1)c1ccccc1. The lowest BCUT2D eigenvalue weighted by Crippen LogP contribution is -2.16. The maximum atomic E-state index is 12.9. The first kappa shape index (κ1) is 16.2. The molecule has 24 heavy (non-hydrogen) atoms. The molecule has 1 aromatic carbocycles. The molecule has 9 heteroatoms. The first-order valence-electron chi connectivity index (χ1n) is 7.21. The minimum atomic E-state index is -4.64. The first-order chi connectivity index (χ1) is 11.5. The molecule has 0 bridgehead atoms. The molecule has 3 rings (SSSR count). The highest BCUT2D eigenvalue weighted by Crippen LogP contribution is 2.28. The number of nitrogens with zero attached hydrogens (tertiary/aromatic N) is 4. The third kappa shape index (κ3) is 3.30. The zero-order valence-electron chi connectivity index (χ0n) is 12.4. The van der Waals surface area contributed by atoms with Crippen LogP contribution in [0.25, 0.3) is 5.65 Å². The van der Waals surface area contributed by atoms with Gasteiger partial charge in [-0.1, -0.05) is 30.3 Å². The van der Waals surface area contributed by atoms with E-state index in [1.165, 1.54) is 12.1 Å². The molecule has 6 nitrogen and oxygen atoms in total. The molecule has 2 aromatic heterocycles. The van der Waals surface area contributed by atoms with Gasteiger partial charge in [0.15, 0.2) is 5.65 Å². The Morgan fingerprint density at radius 3 is 2.50 bits per heavy atom. The quantitative estimate of drug-likeness (QED) is 0.749. The molecular weight excluding hydrogens is 323 g/mol. The topological polar surface area (TPSA) is 75.3 Å². The van der Waals surface area contributed by atoms with Crippen LogP contribution in [0.3, 0.4) is 0 Å². The molecular formula is C15H14F3N5O. The zero-order chi connectivity index (χ0) is 17.2. The number of alkyl halides is 3. The van der Waals surface area contributed by atoms with E-state index in [-0.39, 0.29) is 24.1 Å². The molecule has 126 valence electrons. The van der Waals surface area contributed by atoms with Crippen LogP contribution in [0.4, 0.5) is 19.0 Å². The lowest BCUT2D eigenvalue weighted by atomic mass is 10.0. The number of halogens is 3. The highest BCUT2D eigenvalue weighted by atomic mass is 19.4. The number of hydrogen-bond acceptors (Lipinski definition) is 5. The van der Waals surface area contributed by atoms with E-state index >= 15 is 0 Å². The number of nitrogens with one attached hydrogen (secondary N) is 1. The maximum absolute atomic E-state index is 12.9. The van der Waals surface area contributed by atoms with Crippen molar-refractivity contribution in [2.24, 2.45) is 0 Å². The van der Waals surface area contributed by atoms with Gasteiger partial charge in [-0.3, -0.25) is 0 Å². The third-order valence-electron chi connectivity index (χ3n) is 3.46. The molecule has 0 unspecified atom stereocenters. The molecule has 0 saturated carbocycles. The Morgan fingerprint density at radius 1 is 1.08 bits per heavy atom. The Morgan fingerprint density at radius 2 is 1.83 bits per heavy atom. The summed E-state index contributed by atoms with van der Waals surface area (Å²) < 4.78 is 39.4. The fourth-order valence-electron chi connectivity index (χ4n) is 2.36. The summed E-state index contributed by atoms with van der Waals surface area (Å²) in [5.74, 6) is -0.949. The average Bonchev–Trinajstić information content (AvgIpc) is 2.99. The molecule has 0 saturated heterocycles. The van der Waals surface area contributed by atoms with Crippen molar-refractivity contribution >= 4 is 11.5 Å². The van der Waals surface area contributed by atoms with E-state index in [9.17, 15) is 18.3 Å². The van der Waals surface area contributed by atoms with Crippen molar-refractivity contribution < 1.29 is 18.3 Å². The summed E-state index contributed by atoms with van der Waals surface area (Å²) in [7, 11) is 0. The van der Waals surface area contributed by atoms with Crippen LogP contribution in [0.15, 0.2) is 42.5 Å². The largest absolute Gasteiger partial charge is 0.453 e. The molecule has 0 spiro atoms. The van der Waals surface area contributed by atoms with Crippen LogP contribution in [-0.4, -0.2) is 31.5 Å². The molecule has 2 N–H and O–H groups in total. The molecule has 1 atom stereocenters. The van der Waals surface area contributed by atoms with Crippen LogP contribution in [0.1, 0.15) is 23.9 Å². The Balaban J connectivity index is 1.93. The maximum Gasteiger partial charge on any atom is 0.453 e. The highest BCUT2D eigenvalue weighted by Gasteiger charge is 2.37. The lowest BCUT2D eigenvalue weighted by Gasteiger charge is -2.19. The normalized spacial score (nSPS) is 13.2. The van der Waals surface area contributed by atoms with Crippen molar-refractivity contribution in [1.82, 2.24) is 19.8 Å². The van der Waals surface area contributed by atoms with Crippen molar-refractivity contribution in [3.05, 3.63) is 53.9 Å². The van der Waals surface area contributed by atoms with Gasteiger partial charge in [-0.2, -0.15) is 17.7 Å². The summed E-state index contributed by atoms with van der Waals surface area (Å²) in [5.41, 5.74) is 0.902. The molecule has 0 aliphatic heterocycles. The number of aromatic nitrogens is 4. The summed E-state index contributed by atoms with van der Waals surface area (Å²) in [6, 6.07) is 11.9. The van der Waals surface area contributed by atoms with E-state index in [0.717, 1.165) is 5.56 Å². The van der Waals surface area contributed by atoms with Crippen molar-refractivity contribution in [3.63, 3.8) is 0 Å².